The molecule has 0 bridgehead atoms. The average molecular weight is 442 g/mol. The molecule has 0 unspecified atom stereocenters. The van der Waals surface area contributed by atoms with Crippen molar-refractivity contribution in [2.24, 2.45) is 0 Å². The summed E-state index contributed by atoms with van der Waals surface area (Å²) in [5, 5.41) is 1.64. The second-order valence-electron chi connectivity index (χ2n) is 6.50. The molecule has 0 amide bonds. The Morgan fingerprint density at radius 2 is 1.90 bits per heavy atom. The lowest BCUT2D eigenvalue weighted by atomic mass is 10.2. The third-order valence-electron chi connectivity index (χ3n) is 4.54. The Balaban J connectivity index is 1.83. The van der Waals surface area contributed by atoms with Crippen LogP contribution < -0.4 is 15.0 Å². The SMILES string of the molecule is CCOc1ccc(Cn2c(SCC)nc3c(sc4ncccc43)c2=O)cc1OCC. The number of aromatic nitrogens is 3. The van der Waals surface area contributed by atoms with Crippen molar-refractivity contribution in [2.45, 2.75) is 32.5 Å². The first kappa shape index (κ1) is 20.7. The Labute approximate surface area is 182 Å². The molecule has 0 atom stereocenters. The van der Waals surface area contributed by atoms with Crippen LogP contribution in [0.1, 0.15) is 26.3 Å². The van der Waals surface area contributed by atoms with Crippen LogP contribution in [0.4, 0.5) is 0 Å². The Bertz CT molecular complexity index is 1250. The summed E-state index contributed by atoms with van der Waals surface area (Å²) >= 11 is 2.97. The molecule has 0 aliphatic carbocycles. The van der Waals surface area contributed by atoms with Gasteiger partial charge in [0.15, 0.2) is 16.7 Å². The first-order valence-corrected chi connectivity index (χ1v) is 11.8. The summed E-state index contributed by atoms with van der Waals surface area (Å²) in [6.45, 7) is 7.47. The Kier molecular flexibility index (Phi) is 6.24. The predicted octanol–water partition coefficient (Wildman–Crippen LogP) is 4.96. The van der Waals surface area contributed by atoms with Gasteiger partial charge in [-0.1, -0.05) is 24.8 Å². The quantitative estimate of drug-likeness (QED) is 0.284. The van der Waals surface area contributed by atoms with Crippen LogP contribution in [0.25, 0.3) is 20.4 Å². The first-order valence-electron chi connectivity index (χ1n) is 9.95. The molecule has 8 heteroatoms. The maximum absolute atomic E-state index is 13.4. The summed E-state index contributed by atoms with van der Waals surface area (Å²) in [6.07, 6.45) is 1.74. The fourth-order valence-corrected chi connectivity index (χ4v) is 5.04. The molecular formula is C22H23N3O3S2. The van der Waals surface area contributed by atoms with Gasteiger partial charge in [-0.3, -0.25) is 9.36 Å². The van der Waals surface area contributed by atoms with E-state index in [9.17, 15) is 4.79 Å². The Morgan fingerprint density at radius 1 is 1.10 bits per heavy atom. The summed E-state index contributed by atoms with van der Waals surface area (Å²) in [7, 11) is 0. The van der Waals surface area contributed by atoms with Gasteiger partial charge in [0.25, 0.3) is 5.56 Å². The number of rotatable bonds is 8. The van der Waals surface area contributed by atoms with E-state index in [1.165, 1.54) is 11.3 Å². The number of hydrogen-bond donors (Lipinski definition) is 0. The minimum absolute atomic E-state index is 0.0363. The van der Waals surface area contributed by atoms with Gasteiger partial charge in [0.1, 0.15) is 9.53 Å². The van der Waals surface area contributed by atoms with E-state index < -0.39 is 0 Å². The van der Waals surface area contributed by atoms with E-state index in [1.807, 2.05) is 44.2 Å². The molecule has 30 heavy (non-hydrogen) atoms. The highest BCUT2D eigenvalue weighted by Crippen LogP contribution is 2.32. The van der Waals surface area contributed by atoms with Crippen molar-refractivity contribution < 1.29 is 9.47 Å². The summed E-state index contributed by atoms with van der Waals surface area (Å²) in [6, 6.07) is 9.66. The standard InChI is InChI=1S/C22H23N3O3S2/c1-4-27-16-10-9-14(12-17(16)28-5-2)13-25-21(26)19-18(24-22(25)29-6-3)15-8-7-11-23-20(15)30-19/h7-12H,4-6,13H2,1-3H3. The van der Waals surface area contributed by atoms with E-state index >= 15 is 0 Å². The zero-order valence-corrected chi connectivity index (χ0v) is 18.8. The zero-order valence-electron chi connectivity index (χ0n) is 17.2. The largest absolute Gasteiger partial charge is 0.490 e. The first-order chi connectivity index (χ1) is 14.7. The van der Waals surface area contributed by atoms with Crippen molar-refractivity contribution >= 4 is 43.5 Å². The molecule has 156 valence electrons. The second kappa shape index (κ2) is 9.06. The van der Waals surface area contributed by atoms with Gasteiger partial charge in [-0.25, -0.2) is 9.97 Å². The lowest BCUT2D eigenvalue weighted by Gasteiger charge is -2.15. The molecule has 3 heterocycles. The van der Waals surface area contributed by atoms with E-state index in [4.69, 9.17) is 14.5 Å². The van der Waals surface area contributed by atoms with Crippen molar-refractivity contribution in [1.29, 1.82) is 0 Å². The number of thioether (sulfide) groups is 1. The molecule has 4 aromatic rings. The van der Waals surface area contributed by atoms with Gasteiger partial charge in [-0.2, -0.15) is 0 Å². The molecule has 0 N–H and O–H groups in total. The maximum atomic E-state index is 13.4. The molecule has 0 aliphatic rings. The minimum Gasteiger partial charge on any atom is -0.490 e. The summed E-state index contributed by atoms with van der Waals surface area (Å²) in [5.41, 5.74) is 1.66. The molecule has 0 aliphatic heterocycles. The third-order valence-corrected chi connectivity index (χ3v) is 6.49. The lowest BCUT2D eigenvalue weighted by molar-refractivity contribution is 0.287. The van der Waals surface area contributed by atoms with Crippen molar-refractivity contribution in [3.05, 3.63) is 52.4 Å². The Morgan fingerprint density at radius 3 is 2.67 bits per heavy atom. The van der Waals surface area contributed by atoms with Gasteiger partial charge in [-0.15, -0.1) is 11.3 Å². The number of fused-ring (bicyclic) bond motifs is 3. The molecular weight excluding hydrogens is 418 g/mol. The zero-order chi connectivity index (χ0) is 21.1. The van der Waals surface area contributed by atoms with Crippen LogP contribution in [0.2, 0.25) is 0 Å². The Hall–Kier alpha value is -2.58. The van der Waals surface area contributed by atoms with Gasteiger partial charge in [0.2, 0.25) is 0 Å². The number of thiophene rings is 1. The number of benzene rings is 1. The van der Waals surface area contributed by atoms with Gasteiger partial charge < -0.3 is 9.47 Å². The molecule has 0 saturated carbocycles. The summed E-state index contributed by atoms with van der Waals surface area (Å²) in [5.74, 6) is 2.23. The smallest absolute Gasteiger partial charge is 0.272 e. The van der Waals surface area contributed by atoms with E-state index in [1.54, 1.807) is 22.5 Å². The minimum atomic E-state index is -0.0363. The highest BCUT2D eigenvalue weighted by Gasteiger charge is 2.17. The van der Waals surface area contributed by atoms with E-state index in [0.717, 1.165) is 27.0 Å². The number of ether oxygens (including phenoxy) is 2. The van der Waals surface area contributed by atoms with Crippen LogP contribution in [0.15, 0.2) is 46.5 Å². The van der Waals surface area contributed by atoms with E-state index in [2.05, 4.69) is 11.9 Å². The number of hydrogen-bond acceptors (Lipinski definition) is 7. The van der Waals surface area contributed by atoms with Crippen molar-refractivity contribution in [3.8, 4) is 11.5 Å². The van der Waals surface area contributed by atoms with Gasteiger partial charge >= 0.3 is 0 Å². The maximum Gasteiger partial charge on any atom is 0.272 e. The number of pyridine rings is 1. The van der Waals surface area contributed by atoms with Crippen LogP contribution in [0, 0.1) is 0 Å². The van der Waals surface area contributed by atoms with Gasteiger partial charge in [0, 0.05) is 11.6 Å². The van der Waals surface area contributed by atoms with Crippen LogP contribution >= 0.6 is 23.1 Å². The molecule has 4 rings (SSSR count). The highest BCUT2D eigenvalue weighted by molar-refractivity contribution is 7.99. The van der Waals surface area contributed by atoms with Crippen molar-refractivity contribution in [3.63, 3.8) is 0 Å². The van der Waals surface area contributed by atoms with E-state index in [-0.39, 0.29) is 5.56 Å². The predicted molar refractivity (Wildman–Crippen MR) is 123 cm³/mol. The van der Waals surface area contributed by atoms with Crippen LogP contribution in [-0.4, -0.2) is 33.5 Å². The second-order valence-corrected chi connectivity index (χ2v) is 8.73. The highest BCUT2D eigenvalue weighted by atomic mass is 32.2. The average Bonchev–Trinajstić information content (AvgIpc) is 3.12. The normalized spacial score (nSPS) is 11.3. The van der Waals surface area contributed by atoms with Crippen LogP contribution in [0.3, 0.4) is 0 Å². The lowest BCUT2D eigenvalue weighted by Crippen LogP contribution is -2.23. The van der Waals surface area contributed by atoms with Crippen molar-refractivity contribution in [1.82, 2.24) is 14.5 Å². The van der Waals surface area contributed by atoms with Crippen LogP contribution in [-0.2, 0) is 6.54 Å². The molecule has 0 fully saturated rings. The van der Waals surface area contributed by atoms with E-state index in [0.29, 0.717) is 41.1 Å². The van der Waals surface area contributed by atoms with Crippen molar-refractivity contribution in [2.75, 3.05) is 19.0 Å². The summed E-state index contributed by atoms with van der Waals surface area (Å²) in [4.78, 5) is 23.5. The molecule has 0 saturated heterocycles. The molecule has 0 radical (unpaired) electrons. The number of nitrogens with zero attached hydrogens (tertiary/aromatic N) is 3. The topological polar surface area (TPSA) is 66.2 Å². The third kappa shape index (κ3) is 3.89. The van der Waals surface area contributed by atoms with Gasteiger partial charge in [-0.05, 0) is 49.4 Å². The van der Waals surface area contributed by atoms with Crippen LogP contribution in [0.5, 0.6) is 11.5 Å². The molecule has 0 spiro atoms. The fraction of sp³-hybridized carbons (Fsp3) is 0.318. The monoisotopic (exact) mass is 441 g/mol. The van der Waals surface area contributed by atoms with Gasteiger partial charge in [0.05, 0.1) is 25.3 Å². The molecule has 1 aromatic carbocycles. The fourth-order valence-electron chi connectivity index (χ4n) is 3.30. The molecule has 3 aromatic heterocycles. The summed E-state index contributed by atoms with van der Waals surface area (Å²) < 4.78 is 13.8. The molecule has 6 nitrogen and oxygen atoms in total.